The van der Waals surface area contributed by atoms with Crippen LogP contribution >= 0.6 is 11.6 Å². The Labute approximate surface area is 149 Å². The van der Waals surface area contributed by atoms with Crippen LogP contribution in [-0.2, 0) is 11.3 Å². The monoisotopic (exact) mass is 347 g/mol. The fraction of sp³-hybridized carbons (Fsp3) is 0.474. The van der Waals surface area contributed by atoms with E-state index >= 15 is 0 Å². The molecule has 0 radical (unpaired) electrons. The van der Waals surface area contributed by atoms with Crippen LogP contribution in [-0.4, -0.2) is 15.7 Å². The van der Waals surface area contributed by atoms with Crippen LogP contribution in [0.4, 0.5) is 0 Å². The summed E-state index contributed by atoms with van der Waals surface area (Å²) < 4.78 is 1.58. The summed E-state index contributed by atoms with van der Waals surface area (Å²) in [5.74, 6) is 0.494. The standard InChI is InChI=1S/C19H26ClN3O/c1-5-13(3)15-7-9-16(10-8-15)18(6-2)21-19(24)12-23-11-17(20)14(4)22-23/h7-11,13,18H,5-6,12H2,1-4H3,(H,21,24). The summed E-state index contributed by atoms with van der Waals surface area (Å²) in [6, 6.07) is 8.57. The van der Waals surface area contributed by atoms with Gasteiger partial charge in [-0.3, -0.25) is 9.48 Å². The molecule has 2 atom stereocenters. The summed E-state index contributed by atoms with van der Waals surface area (Å²) in [7, 11) is 0. The Hall–Kier alpha value is -1.81. The molecule has 2 unspecified atom stereocenters. The number of rotatable bonds is 7. The van der Waals surface area contributed by atoms with Crippen molar-refractivity contribution >= 4 is 17.5 Å². The van der Waals surface area contributed by atoms with Crippen molar-refractivity contribution < 1.29 is 4.79 Å². The lowest BCUT2D eigenvalue weighted by atomic mass is 9.95. The first kappa shape index (κ1) is 18.5. The summed E-state index contributed by atoms with van der Waals surface area (Å²) in [5.41, 5.74) is 3.20. The lowest BCUT2D eigenvalue weighted by Gasteiger charge is -2.19. The molecule has 4 nitrogen and oxygen atoms in total. The maximum absolute atomic E-state index is 12.3. The lowest BCUT2D eigenvalue weighted by Crippen LogP contribution is -2.31. The molecule has 1 aromatic heterocycles. The van der Waals surface area contributed by atoms with Gasteiger partial charge in [-0.2, -0.15) is 5.10 Å². The van der Waals surface area contributed by atoms with E-state index in [9.17, 15) is 4.79 Å². The molecule has 0 aliphatic carbocycles. The molecule has 1 heterocycles. The predicted octanol–water partition coefficient (Wildman–Crippen LogP) is 4.63. The largest absolute Gasteiger partial charge is 0.348 e. The maximum Gasteiger partial charge on any atom is 0.242 e. The van der Waals surface area contributed by atoms with Crippen molar-refractivity contribution in [1.29, 1.82) is 0 Å². The summed E-state index contributed by atoms with van der Waals surface area (Å²) in [6.45, 7) is 8.49. The predicted molar refractivity (Wildman–Crippen MR) is 98.3 cm³/mol. The van der Waals surface area contributed by atoms with E-state index in [1.54, 1.807) is 10.9 Å². The van der Waals surface area contributed by atoms with Gasteiger partial charge in [0.15, 0.2) is 0 Å². The number of benzene rings is 1. The van der Waals surface area contributed by atoms with E-state index in [4.69, 9.17) is 11.6 Å². The molecule has 24 heavy (non-hydrogen) atoms. The van der Waals surface area contributed by atoms with E-state index in [0.29, 0.717) is 10.9 Å². The number of aryl methyl sites for hydroxylation is 1. The molecule has 130 valence electrons. The molecule has 0 saturated carbocycles. The van der Waals surface area contributed by atoms with Crippen molar-refractivity contribution in [3.63, 3.8) is 0 Å². The molecule has 5 heteroatoms. The van der Waals surface area contributed by atoms with Crippen LogP contribution in [0.5, 0.6) is 0 Å². The highest BCUT2D eigenvalue weighted by Crippen LogP contribution is 2.22. The van der Waals surface area contributed by atoms with E-state index in [-0.39, 0.29) is 18.5 Å². The summed E-state index contributed by atoms with van der Waals surface area (Å²) >= 11 is 5.98. The number of nitrogens with one attached hydrogen (secondary N) is 1. The van der Waals surface area contributed by atoms with Crippen molar-refractivity contribution in [3.8, 4) is 0 Å². The number of amides is 1. The minimum Gasteiger partial charge on any atom is -0.348 e. The average Bonchev–Trinajstić information content (AvgIpc) is 2.89. The summed E-state index contributed by atoms with van der Waals surface area (Å²) in [4.78, 5) is 12.3. The molecule has 0 fully saturated rings. The van der Waals surface area contributed by atoms with E-state index in [1.165, 1.54) is 5.56 Å². The van der Waals surface area contributed by atoms with E-state index in [2.05, 4.69) is 55.5 Å². The van der Waals surface area contributed by atoms with Crippen molar-refractivity contribution in [2.45, 2.75) is 59.0 Å². The maximum atomic E-state index is 12.3. The van der Waals surface area contributed by atoms with Gasteiger partial charge in [0.1, 0.15) is 6.54 Å². The third-order valence-electron chi connectivity index (χ3n) is 4.46. The molecule has 1 amide bonds. The van der Waals surface area contributed by atoms with Crippen molar-refractivity contribution in [1.82, 2.24) is 15.1 Å². The molecule has 0 bridgehead atoms. The van der Waals surface area contributed by atoms with Gasteiger partial charge >= 0.3 is 0 Å². The van der Waals surface area contributed by atoms with Crippen LogP contribution in [0.25, 0.3) is 0 Å². The number of carbonyl (C=O) groups is 1. The Kier molecular flexibility index (Phi) is 6.44. The minimum atomic E-state index is -0.0629. The van der Waals surface area contributed by atoms with Gasteiger partial charge in [0.25, 0.3) is 0 Å². The molecule has 2 aromatic rings. The van der Waals surface area contributed by atoms with E-state index in [1.807, 2.05) is 6.92 Å². The number of nitrogens with zero attached hydrogens (tertiary/aromatic N) is 2. The van der Waals surface area contributed by atoms with Crippen molar-refractivity contribution in [2.75, 3.05) is 0 Å². The first-order valence-corrected chi connectivity index (χ1v) is 8.91. The zero-order valence-electron chi connectivity index (χ0n) is 14.8. The Morgan fingerprint density at radius 3 is 2.33 bits per heavy atom. The smallest absolute Gasteiger partial charge is 0.242 e. The highest BCUT2D eigenvalue weighted by molar-refractivity contribution is 6.31. The third-order valence-corrected chi connectivity index (χ3v) is 4.83. The highest BCUT2D eigenvalue weighted by atomic mass is 35.5. The first-order chi connectivity index (χ1) is 11.4. The van der Waals surface area contributed by atoms with Crippen LogP contribution in [0.2, 0.25) is 5.02 Å². The molecule has 0 aliphatic rings. The second-order valence-electron chi connectivity index (χ2n) is 6.26. The number of hydrogen-bond acceptors (Lipinski definition) is 2. The number of halogens is 1. The van der Waals surface area contributed by atoms with Crippen LogP contribution in [0.1, 0.15) is 62.4 Å². The van der Waals surface area contributed by atoms with Gasteiger partial charge in [0, 0.05) is 6.20 Å². The fourth-order valence-electron chi connectivity index (χ4n) is 2.68. The normalized spacial score (nSPS) is 13.5. The van der Waals surface area contributed by atoms with E-state index in [0.717, 1.165) is 24.1 Å². The average molecular weight is 348 g/mol. The minimum absolute atomic E-state index is 0.00983. The zero-order valence-corrected chi connectivity index (χ0v) is 15.6. The first-order valence-electron chi connectivity index (χ1n) is 8.53. The van der Waals surface area contributed by atoms with Crippen LogP contribution < -0.4 is 5.32 Å². The molecule has 2 rings (SSSR count). The summed E-state index contributed by atoms with van der Waals surface area (Å²) in [6.07, 6.45) is 3.64. The molecular formula is C19H26ClN3O. The second kappa shape index (κ2) is 8.34. The zero-order chi connectivity index (χ0) is 17.7. The second-order valence-corrected chi connectivity index (χ2v) is 6.67. The Morgan fingerprint density at radius 1 is 1.21 bits per heavy atom. The Bertz CT molecular complexity index is 659. The van der Waals surface area contributed by atoms with Gasteiger partial charge in [-0.15, -0.1) is 0 Å². The van der Waals surface area contributed by atoms with Crippen LogP contribution in [0, 0.1) is 6.92 Å². The fourth-order valence-corrected chi connectivity index (χ4v) is 2.83. The number of aromatic nitrogens is 2. The molecule has 0 saturated heterocycles. The molecule has 1 N–H and O–H groups in total. The lowest BCUT2D eigenvalue weighted by molar-refractivity contribution is -0.122. The Morgan fingerprint density at radius 2 is 1.83 bits per heavy atom. The van der Waals surface area contributed by atoms with Crippen molar-refractivity contribution in [3.05, 3.63) is 52.3 Å². The third kappa shape index (κ3) is 4.60. The van der Waals surface area contributed by atoms with Crippen LogP contribution in [0.3, 0.4) is 0 Å². The highest BCUT2D eigenvalue weighted by Gasteiger charge is 2.14. The van der Waals surface area contributed by atoms with Crippen molar-refractivity contribution in [2.24, 2.45) is 0 Å². The van der Waals surface area contributed by atoms with Gasteiger partial charge in [-0.05, 0) is 36.8 Å². The summed E-state index contributed by atoms with van der Waals surface area (Å²) in [5, 5.41) is 7.88. The SMILES string of the molecule is CCC(C)c1ccc(C(CC)NC(=O)Cn2cc(Cl)c(C)n2)cc1. The van der Waals surface area contributed by atoms with E-state index < -0.39 is 0 Å². The van der Waals surface area contributed by atoms with Gasteiger partial charge < -0.3 is 5.32 Å². The molecule has 0 spiro atoms. The topological polar surface area (TPSA) is 46.9 Å². The van der Waals surface area contributed by atoms with Gasteiger partial charge in [0.05, 0.1) is 16.8 Å². The molecule has 1 aromatic carbocycles. The molecule has 0 aliphatic heterocycles. The number of carbonyl (C=O) groups excluding carboxylic acids is 1. The Balaban J connectivity index is 2.01. The number of hydrogen-bond donors (Lipinski definition) is 1. The van der Waals surface area contributed by atoms with Gasteiger partial charge in [0.2, 0.25) is 5.91 Å². The quantitative estimate of drug-likeness (QED) is 0.794. The van der Waals surface area contributed by atoms with Gasteiger partial charge in [-0.1, -0.05) is 56.6 Å². The van der Waals surface area contributed by atoms with Gasteiger partial charge in [-0.25, -0.2) is 0 Å². The molecular weight excluding hydrogens is 322 g/mol. The van der Waals surface area contributed by atoms with Crippen LogP contribution in [0.15, 0.2) is 30.5 Å².